The van der Waals surface area contributed by atoms with Crippen molar-refractivity contribution >= 4 is 11.6 Å². The number of ether oxygens (including phenoxy) is 2. The van der Waals surface area contributed by atoms with Crippen LogP contribution in [0.3, 0.4) is 0 Å². The number of phenols is 2. The summed E-state index contributed by atoms with van der Waals surface area (Å²) in [7, 11) is 0. The Balaban J connectivity index is 1.37. The van der Waals surface area contributed by atoms with Gasteiger partial charge in [0.25, 0.3) is 0 Å². The van der Waals surface area contributed by atoms with Crippen molar-refractivity contribution in [3.63, 3.8) is 0 Å². The van der Waals surface area contributed by atoms with Gasteiger partial charge in [-0.15, -0.1) is 0 Å². The van der Waals surface area contributed by atoms with Gasteiger partial charge in [0.1, 0.15) is 23.0 Å². The molecular formula is C43H52O6. The van der Waals surface area contributed by atoms with Crippen LogP contribution in [0.15, 0.2) is 91.0 Å². The van der Waals surface area contributed by atoms with E-state index in [1.165, 1.54) is 31.7 Å². The minimum Gasteiger partial charge on any atom is -0.507 e. The van der Waals surface area contributed by atoms with Gasteiger partial charge in [0.05, 0.1) is 24.3 Å². The van der Waals surface area contributed by atoms with Crippen LogP contribution in [0.2, 0.25) is 0 Å². The molecule has 0 aliphatic rings. The van der Waals surface area contributed by atoms with Crippen LogP contribution < -0.4 is 9.47 Å². The van der Waals surface area contributed by atoms with Gasteiger partial charge in [-0.2, -0.15) is 0 Å². The third-order valence-electron chi connectivity index (χ3n) is 8.99. The lowest BCUT2D eigenvalue weighted by Crippen LogP contribution is -2.11. The first-order valence-electron chi connectivity index (χ1n) is 18.1. The van der Waals surface area contributed by atoms with Crippen LogP contribution in [0.5, 0.6) is 23.0 Å². The molecule has 1 unspecified atom stereocenters. The number of hydrogen-bond acceptors (Lipinski definition) is 6. The van der Waals surface area contributed by atoms with E-state index in [-0.39, 0.29) is 28.6 Å². The van der Waals surface area contributed by atoms with Crippen molar-refractivity contribution < 1.29 is 29.3 Å². The Morgan fingerprint density at radius 2 is 1.20 bits per heavy atom. The van der Waals surface area contributed by atoms with Gasteiger partial charge in [-0.05, 0) is 55.9 Å². The second-order valence-corrected chi connectivity index (χ2v) is 12.8. The molecule has 0 saturated carbocycles. The van der Waals surface area contributed by atoms with E-state index >= 15 is 0 Å². The fraction of sp³-hybridized carbons (Fsp3) is 0.395. The molecule has 0 fully saturated rings. The van der Waals surface area contributed by atoms with Crippen molar-refractivity contribution in [1.29, 1.82) is 0 Å². The Kier molecular flexibility index (Phi) is 15.2. The van der Waals surface area contributed by atoms with E-state index in [4.69, 9.17) is 9.47 Å². The zero-order valence-electron chi connectivity index (χ0n) is 29.2. The third-order valence-corrected chi connectivity index (χ3v) is 8.99. The van der Waals surface area contributed by atoms with Crippen molar-refractivity contribution in [2.24, 2.45) is 5.92 Å². The molecule has 6 nitrogen and oxygen atoms in total. The summed E-state index contributed by atoms with van der Waals surface area (Å²) in [6.07, 6.45) is 12.3. The Bertz CT molecular complexity index is 1600. The fourth-order valence-corrected chi connectivity index (χ4v) is 6.25. The SMILES string of the molecule is CCCCCCCCOc1ccc(C(=O)c2ccccc2)c(O)c1CC(CCC)CCCCOc1ccc(C(=O)c2ccccc2)c(O)c1. The first-order chi connectivity index (χ1) is 23.9. The number of hydrogen-bond donors (Lipinski definition) is 2. The van der Waals surface area contributed by atoms with E-state index in [0.717, 1.165) is 44.9 Å². The number of unbranched alkanes of at least 4 members (excludes halogenated alkanes) is 6. The molecule has 0 bridgehead atoms. The summed E-state index contributed by atoms with van der Waals surface area (Å²) in [5, 5.41) is 22.1. The van der Waals surface area contributed by atoms with Crippen molar-refractivity contribution in [1.82, 2.24) is 0 Å². The molecule has 0 amide bonds. The highest BCUT2D eigenvalue weighted by atomic mass is 16.5. The van der Waals surface area contributed by atoms with Gasteiger partial charge in [-0.25, -0.2) is 0 Å². The standard InChI is InChI=1S/C43H52O6/c1-3-5-6-7-8-16-29-49-40-27-26-37(42(46)34-22-13-10-14-23-34)43(47)38(40)30-32(18-4-2)19-15-17-28-48-35-24-25-36(39(44)31-35)41(45)33-20-11-9-12-21-33/h9-14,20-27,31-32,44,47H,3-8,15-19,28-30H2,1-2H3. The highest BCUT2D eigenvalue weighted by Gasteiger charge is 2.22. The smallest absolute Gasteiger partial charge is 0.196 e. The lowest BCUT2D eigenvalue weighted by Gasteiger charge is -2.21. The van der Waals surface area contributed by atoms with Crippen molar-refractivity contribution in [2.45, 2.75) is 90.9 Å². The van der Waals surface area contributed by atoms with E-state index in [1.54, 1.807) is 54.6 Å². The lowest BCUT2D eigenvalue weighted by atomic mass is 9.88. The molecule has 0 radical (unpaired) electrons. The molecule has 1 atom stereocenters. The van der Waals surface area contributed by atoms with E-state index in [0.29, 0.717) is 59.3 Å². The molecule has 6 heteroatoms. The molecule has 0 spiro atoms. The molecule has 0 aliphatic carbocycles. The zero-order valence-corrected chi connectivity index (χ0v) is 29.2. The summed E-state index contributed by atoms with van der Waals surface area (Å²) in [5.41, 5.74) is 2.32. The Morgan fingerprint density at radius 1 is 0.612 bits per heavy atom. The molecule has 260 valence electrons. The van der Waals surface area contributed by atoms with E-state index in [2.05, 4.69) is 13.8 Å². The van der Waals surface area contributed by atoms with Gasteiger partial charge in [0, 0.05) is 22.8 Å². The number of benzene rings is 4. The van der Waals surface area contributed by atoms with Crippen LogP contribution in [0, 0.1) is 5.92 Å². The second kappa shape index (κ2) is 20.1. The van der Waals surface area contributed by atoms with Crippen LogP contribution in [0.4, 0.5) is 0 Å². The molecule has 49 heavy (non-hydrogen) atoms. The number of rotatable bonds is 22. The third kappa shape index (κ3) is 11.2. The Morgan fingerprint density at radius 3 is 1.86 bits per heavy atom. The van der Waals surface area contributed by atoms with E-state index in [9.17, 15) is 19.8 Å². The van der Waals surface area contributed by atoms with Crippen molar-refractivity contribution in [2.75, 3.05) is 13.2 Å². The van der Waals surface area contributed by atoms with Crippen molar-refractivity contribution in [3.8, 4) is 23.0 Å². The molecule has 4 aromatic carbocycles. The van der Waals surface area contributed by atoms with Gasteiger partial charge >= 0.3 is 0 Å². The summed E-state index contributed by atoms with van der Waals surface area (Å²) >= 11 is 0. The van der Waals surface area contributed by atoms with Crippen LogP contribution >= 0.6 is 0 Å². The van der Waals surface area contributed by atoms with Crippen LogP contribution in [0.1, 0.15) is 122 Å². The minimum atomic E-state index is -0.233. The van der Waals surface area contributed by atoms with Gasteiger partial charge in [-0.3, -0.25) is 9.59 Å². The molecule has 4 aromatic rings. The summed E-state index contributed by atoms with van der Waals surface area (Å²) in [6, 6.07) is 26.3. The molecular weight excluding hydrogens is 612 g/mol. The average Bonchev–Trinajstić information content (AvgIpc) is 3.12. The highest BCUT2D eigenvalue weighted by molar-refractivity contribution is 6.11. The summed E-state index contributed by atoms with van der Waals surface area (Å²) in [6.45, 7) is 5.44. The number of aromatic hydroxyl groups is 2. The molecule has 0 aromatic heterocycles. The maximum atomic E-state index is 13.4. The second-order valence-electron chi connectivity index (χ2n) is 12.8. The molecule has 0 heterocycles. The number of phenolic OH excluding ortho intramolecular Hbond substituents is 2. The number of ketones is 2. The topological polar surface area (TPSA) is 93.1 Å². The molecule has 2 N–H and O–H groups in total. The quantitative estimate of drug-likeness (QED) is 0.0641. The molecule has 0 aliphatic heterocycles. The summed E-state index contributed by atoms with van der Waals surface area (Å²) in [4.78, 5) is 26.1. The Hall–Kier alpha value is -4.58. The largest absolute Gasteiger partial charge is 0.507 e. The maximum absolute atomic E-state index is 13.4. The normalized spacial score (nSPS) is 11.6. The van der Waals surface area contributed by atoms with Gasteiger partial charge in [0.15, 0.2) is 11.6 Å². The molecule has 4 rings (SSSR count). The van der Waals surface area contributed by atoms with E-state index < -0.39 is 0 Å². The minimum absolute atomic E-state index is 0.0211. The maximum Gasteiger partial charge on any atom is 0.196 e. The fourth-order valence-electron chi connectivity index (χ4n) is 6.25. The Labute approximate surface area is 292 Å². The van der Waals surface area contributed by atoms with Crippen LogP contribution in [0.25, 0.3) is 0 Å². The predicted molar refractivity (Wildman–Crippen MR) is 196 cm³/mol. The highest BCUT2D eigenvalue weighted by Crippen LogP contribution is 2.37. The monoisotopic (exact) mass is 664 g/mol. The van der Waals surface area contributed by atoms with Crippen LogP contribution in [-0.4, -0.2) is 35.0 Å². The van der Waals surface area contributed by atoms with Crippen molar-refractivity contribution in [3.05, 3.63) is 119 Å². The lowest BCUT2D eigenvalue weighted by molar-refractivity contribution is 0.102. The predicted octanol–water partition coefficient (Wildman–Crippen LogP) is 10.5. The molecule has 0 saturated heterocycles. The summed E-state index contributed by atoms with van der Waals surface area (Å²) in [5.74, 6) is 0.961. The average molecular weight is 665 g/mol. The van der Waals surface area contributed by atoms with Gasteiger partial charge < -0.3 is 19.7 Å². The van der Waals surface area contributed by atoms with E-state index in [1.807, 2.05) is 30.3 Å². The number of carbonyl (C=O) groups excluding carboxylic acids is 2. The zero-order chi connectivity index (χ0) is 34.8. The van der Waals surface area contributed by atoms with Gasteiger partial charge in [0.2, 0.25) is 0 Å². The first kappa shape index (κ1) is 37.2. The first-order valence-corrected chi connectivity index (χ1v) is 18.1. The number of carbonyl (C=O) groups is 2. The summed E-state index contributed by atoms with van der Waals surface area (Å²) < 4.78 is 12.2. The van der Waals surface area contributed by atoms with Crippen LogP contribution in [-0.2, 0) is 6.42 Å². The van der Waals surface area contributed by atoms with Gasteiger partial charge in [-0.1, -0.05) is 126 Å².